The summed E-state index contributed by atoms with van der Waals surface area (Å²) in [7, 11) is 0. The number of halogens is 1. The van der Waals surface area contributed by atoms with Crippen LogP contribution in [0.15, 0.2) is 17.6 Å². The molecule has 2 aromatic heterocycles. The van der Waals surface area contributed by atoms with Crippen molar-refractivity contribution in [1.29, 1.82) is 0 Å². The van der Waals surface area contributed by atoms with Gasteiger partial charge in [-0.05, 0) is 37.3 Å². The molecule has 0 saturated heterocycles. The van der Waals surface area contributed by atoms with Gasteiger partial charge in [0.1, 0.15) is 0 Å². The number of rotatable bonds is 7. The number of aryl methyl sites for hydroxylation is 2. The lowest BCUT2D eigenvalue weighted by Crippen LogP contribution is -2.16. The average molecular weight is 408 g/mol. The first-order chi connectivity index (χ1) is 13.0. The standard InChI is InChI=1S/C19H22ClN3O3S/c1-11(2)18(24)26-10-25-17-13-5-4-6-16(13)22-19(23-17)27-9-14-12(3)7-21-8-15(14)20/h7-8,11H,4-6,9-10H2,1-3H3. The number of nitrogens with zero attached hydrogens (tertiary/aromatic N) is 3. The summed E-state index contributed by atoms with van der Waals surface area (Å²) in [6, 6.07) is 0. The molecule has 2 heterocycles. The number of aromatic nitrogens is 3. The molecule has 8 heteroatoms. The lowest BCUT2D eigenvalue weighted by Gasteiger charge is -2.13. The van der Waals surface area contributed by atoms with Gasteiger partial charge >= 0.3 is 5.97 Å². The Morgan fingerprint density at radius 3 is 2.85 bits per heavy atom. The van der Waals surface area contributed by atoms with Gasteiger partial charge in [0.25, 0.3) is 0 Å². The number of ether oxygens (including phenoxy) is 2. The van der Waals surface area contributed by atoms with Crippen LogP contribution in [-0.2, 0) is 28.1 Å². The van der Waals surface area contributed by atoms with Crippen molar-refractivity contribution >= 4 is 29.3 Å². The molecule has 0 atom stereocenters. The first kappa shape index (κ1) is 19.9. The zero-order chi connectivity index (χ0) is 19.4. The van der Waals surface area contributed by atoms with Crippen LogP contribution in [0.1, 0.15) is 42.7 Å². The van der Waals surface area contributed by atoms with Crippen LogP contribution in [-0.4, -0.2) is 27.7 Å². The Labute approximate surface area is 168 Å². The summed E-state index contributed by atoms with van der Waals surface area (Å²) in [6.45, 7) is 5.41. The maximum Gasteiger partial charge on any atom is 0.311 e. The van der Waals surface area contributed by atoms with Crippen molar-refractivity contribution < 1.29 is 14.3 Å². The van der Waals surface area contributed by atoms with E-state index in [4.69, 9.17) is 21.1 Å². The second-order valence-electron chi connectivity index (χ2n) is 6.68. The second kappa shape index (κ2) is 8.89. The molecule has 0 bridgehead atoms. The SMILES string of the molecule is Cc1cncc(Cl)c1CSc1nc2c(c(OCOC(=O)C(C)C)n1)CCC2. The van der Waals surface area contributed by atoms with Gasteiger partial charge in [-0.2, -0.15) is 4.98 Å². The van der Waals surface area contributed by atoms with Crippen molar-refractivity contribution in [3.63, 3.8) is 0 Å². The lowest BCUT2D eigenvalue weighted by molar-refractivity contribution is -0.154. The summed E-state index contributed by atoms with van der Waals surface area (Å²) in [4.78, 5) is 24.9. The van der Waals surface area contributed by atoms with Gasteiger partial charge in [-0.1, -0.05) is 37.2 Å². The molecule has 0 saturated carbocycles. The van der Waals surface area contributed by atoms with E-state index >= 15 is 0 Å². The third-order valence-corrected chi connectivity index (χ3v) is 5.51. The van der Waals surface area contributed by atoms with E-state index < -0.39 is 0 Å². The lowest BCUT2D eigenvalue weighted by atomic mass is 10.2. The van der Waals surface area contributed by atoms with Gasteiger partial charge < -0.3 is 9.47 Å². The molecular formula is C19H22ClN3O3S. The summed E-state index contributed by atoms with van der Waals surface area (Å²) >= 11 is 7.76. The molecule has 6 nitrogen and oxygen atoms in total. The molecule has 1 aliphatic carbocycles. The summed E-state index contributed by atoms with van der Waals surface area (Å²) in [5.74, 6) is 0.671. The molecule has 144 valence electrons. The van der Waals surface area contributed by atoms with E-state index in [0.717, 1.165) is 41.6 Å². The van der Waals surface area contributed by atoms with Gasteiger partial charge in [0.05, 0.1) is 16.6 Å². The summed E-state index contributed by atoms with van der Waals surface area (Å²) in [5.41, 5.74) is 4.08. The summed E-state index contributed by atoms with van der Waals surface area (Å²) in [5, 5.41) is 1.27. The van der Waals surface area contributed by atoms with Crippen molar-refractivity contribution in [3.05, 3.63) is 39.8 Å². The first-order valence-electron chi connectivity index (χ1n) is 8.86. The smallest absolute Gasteiger partial charge is 0.311 e. The van der Waals surface area contributed by atoms with Gasteiger partial charge in [-0.3, -0.25) is 9.78 Å². The molecule has 0 aliphatic heterocycles. The molecule has 0 radical (unpaired) electrons. The third-order valence-electron chi connectivity index (χ3n) is 4.31. The van der Waals surface area contributed by atoms with Crippen LogP contribution < -0.4 is 4.74 Å². The highest BCUT2D eigenvalue weighted by molar-refractivity contribution is 7.98. The van der Waals surface area contributed by atoms with E-state index in [0.29, 0.717) is 21.8 Å². The molecule has 3 rings (SSSR count). The molecule has 1 aliphatic rings. The Morgan fingerprint density at radius 2 is 2.11 bits per heavy atom. The van der Waals surface area contributed by atoms with Crippen LogP contribution >= 0.6 is 23.4 Å². The van der Waals surface area contributed by atoms with Gasteiger partial charge in [-0.15, -0.1) is 0 Å². The van der Waals surface area contributed by atoms with Gasteiger partial charge in [0.2, 0.25) is 12.7 Å². The van der Waals surface area contributed by atoms with Crippen LogP contribution in [0.2, 0.25) is 5.02 Å². The molecule has 0 N–H and O–H groups in total. The van der Waals surface area contributed by atoms with E-state index in [1.807, 2.05) is 6.92 Å². The van der Waals surface area contributed by atoms with E-state index in [9.17, 15) is 4.79 Å². The van der Waals surface area contributed by atoms with Crippen molar-refractivity contribution in [2.24, 2.45) is 5.92 Å². The number of hydrogen-bond acceptors (Lipinski definition) is 7. The van der Waals surface area contributed by atoms with E-state index in [2.05, 4.69) is 15.0 Å². The first-order valence-corrected chi connectivity index (χ1v) is 10.2. The summed E-state index contributed by atoms with van der Waals surface area (Å²) in [6.07, 6.45) is 6.25. The quantitative estimate of drug-likeness (QED) is 0.295. The van der Waals surface area contributed by atoms with Gasteiger partial charge in [-0.25, -0.2) is 4.98 Å². The van der Waals surface area contributed by atoms with Crippen LogP contribution in [0, 0.1) is 12.8 Å². The topological polar surface area (TPSA) is 74.2 Å². The molecule has 0 aromatic carbocycles. The largest absolute Gasteiger partial charge is 0.440 e. The zero-order valence-corrected chi connectivity index (χ0v) is 17.2. The highest BCUT2D eigenvalue weighted by atomic mass is 35.5. The Bertz CT molecular complexity index is 825. The zero-order valence-electron chi connectivity index (χ0n) is 15.6. The predicted molar refractivity (Wildman–Crippen MR) is 104 cm³/mol. The summed E-state index contributed by atoms with van der Waals surface area (Å²) < 4.78 is 10.8. The number of esters is 1. The fourth-order valence-electron chi connectivity index (χ4n) is 2.75. The Balaban J connectivity index is 1.72. The van der Waals surface area contributed by atoms with Crippen LogP contribution in [0.3, 0.4) is 0 Å². The van der Waals surface area contributed by atoms with Gasteiger partial charge in [0, 0.05) is 23.7 Å². The molecule has 0 amide bonds. The maximum atomic E-state index is 11.6. The van der Waals surface area contributed by atoms with Crippen molar-refractivity contribution in [3.8, 4) is 5.88 Å². The minimum Gasteiger partial charge on any atom is -0.440 e. The van der Waals surface area contributed by atoms with Gasteiger partial charge in [0.15, 0.2) is 5.16 Å². The fraction of sp³-hybridized carbons (Fsp3) is 0.474. The monoisotopic (exact) mass is 407 g/mol. The second-order valence-corrected chi connectivity index (χ2v) is 8.03. The number of thioether (sulfide) groups is 1. The normalized spacial score (nSPS) is 12.9. The number of carbonyl (C=O) groups excluding carboxylic acids is 1. The third kappa shape index (κ3) is 4.90. The van der Waals surface area contributed by atoms with E-state index in [-0.39, 0.29) is 18.7 Å². The van der Waals surface area contributed by atoms with Crippen LogP contribution in [0.25, 0.3) is 0 Å². The van der Waals surface area contributed by atoms with E-state index in [1.165, 1.54) is 11.8 Å². The molecule has 0 unspecified atom stereocenters. The number of fused-ring (bicyclic) bond motifs is 1. The van der Waals surface area contributed by atoms with E-state index in [1.54, 1.807) is 26.2 Å². The maximum absolute atomic E-state index is 11.6. The highest BCUT2D eigenvalue weighted by Crippen LogP contribution is 2.32. The average Bonchev–Trinajstić information content (AvgIpc) is 3.09. The molecular weight excluding hydrogens is 386 g/mol. The number of pyridine rings is 1. The number of carbonyl (C=O) groups is 1. The molecule has 2 aromatic rings. The van der Waals surface area contributed by atoms with Crippen LogP contribution in [0.5, 0.6) is 5.88 Å². The molecule has 0 spiro atoms. The molecule has 0 fully saturated rings. The van der Waals surface area contributed by atoms with Crippen molar-refractivity contribution in [2.45, 2.75) is 50.9 Å². The predicted octanol–water partition coefficient (Wildman–Crippen LogP) is 4.15. The Morgan fingerprint density at radius 1 is 1.30 bits per heavy atom. The van der Waals surface area contributed by atoms with Crippen LogP contribution in [0.4, 0.5) is 0 Å². The number of hydrogen-bond donors (Lipinski definition) is 0. The Kier molecular flexibility index (Phi) is 6.55. The molecule has 27 heavy (non-hydrogen) atoms. The van der Waals surface area contributed by atoms with Crippen molar-refractivity contribution in [1.82, 2.24) is 15.0 Å². The Hall–Kier alpha value is -1.86. The van der Waals surface area contributed by atoms with Crippen molar-refractivity contribution in [2.75, 3.05) is 6.79 Å². The minimum atomic E-state index is -0.293. The highest BCUT2D eigenvalue weighted by Gasteiger charge is 2.21. The fourth-order valence-corrected chi connectivity index (χ4v) is 4.08. The minimum absolute atomic E-state index is 0.139.